The fourth-order valence-electron chi connectivity index (χ4n) is 2.38. The topological polar surface area (TPSA) is 82.6 Å². The molecule has 1 unspecified atom stereocenters. The number of hydrogen-bond acceptors (Lipinski definition) is 6. The summed E-state index contributed by atoms with van der Waals surface area (Å²) in [6.07, 6.45) is 1.67. The van der Waals surface area contributed by atoms with Crippen molar-refractivity contribution in [2.45, 2.75) is 30.7 Å². The number of halogens is 3. The summed E-state index contributed by atoms with van der Waals surface area (Å²) < 4.78 is 68.5. The first kappa shape index (κ1) is 18.2. The van der Waals surface area contributed by atoms with Gasteiger partial charge in [-0.1, -0.05) is 6.07 Å². The van der Waals surface area contributed by atoms with Gasteiger partial charge in [0.15, 0.2) is 0 Å². The number of rotatable bonds is 4. The molecule has 2 rings (SSSR count). The summed E-state index contributed by atoms with van der Waals surface area (Å²) in [6, 6.07) is 5.16. The van der Waals surface area contributed by atoms with Gasteiger partial charge in [-0.3, -0.25) is 4.98 Å². The highest BCUT2D eigenvalue weighted by Crippen LogP contribution is 2.38. The fourth-order valence-corrected chi connectivity index (χ4v) is 2.92. The summed E-state index contributed by atoms with van der Waals surface area (Å²) in [6.45, 7) is 0. The largest absolute Gasteiger partial charge is 0.534 e. The van der Waals surface area contributed by atoms with Crippen molar-refractivity contribution in [2.24, 2.45) is 0 Å². The Hall–Kier alpha value is -2.10. The molecule has 24 heavy (non-hydrogen) atoms. The van der Waals surface area contributed by atoms with E-state index in [1.54, 1.807) is 24.4 Å². The number of alkyl halides is 3. The molecule has 1 aromatic heterocycles. The Morgan fingerprint density at radius 2 is 2.04 bits per heavy atom. The lowest BCUT2D eigenvalue weighted by Crippen LogP contribution is -2.28. The van der Waals surface area contributed by atoms with Crippen LogP contribution in [0.25, 0.3) is 0 Å². The quantitative estimate of drug-likeness (QED) is 0.463. The third-order valence-electron chi connectivity index (χ3n) is 3.54. The minimum absolute atomic E-state index is 0.0214. The first-order valence-electron chi connectivity index (χ1n) is 6.87. The number of nitrogens with zero attached hydrogens (tertiary/aromatic N) is 1. The van der Waals surface area contributed by atoms with E-state index in [4.69, 9.17) is 0 Å². The van der Waals surface area contributed by atoms with Gasteiger partial charge < -0.3 is 8.92 Å². The maximum Gasteiger partial charge on any atom is 0.534 e. The van der Waals surface area contributed by atoms with Crippen LogP contribution < -0.4 is 0 Å². The van der Waals surface area contributed by atoms with E-state index in [2.05, 4.69) is 13.9 Å². The molecule has 1 heterocycles. The van der Waals surface area contributed by atoms with Crippen LogP contribution in [0.15, 0.2) is 35.7 Å². The first-order valence-corrected chi connectivity index (χ1v) is 8.28. The third kappa shape index (κ3) is 3.86. The molecular formula is C14H14F3NO5S. The summed E-state index contributed by atoms with van der Waals surface area (Å²) in [5.74, 6) is -1.71. The van der Waals surface area contributed by atoms with E-state index >= 15 is 0 Å². The summed E-state index contributed by atoms with van der Waals surface area (Å²) in [4.78, 5) is 16.0. The van der Waals surface area contributed by atoms with E-state index in [1.165, 1.54) is 0 Å². The Labute approximate surface area is 136 Å². The molecule has 0 radical (unpaired) electrons. The van der Waals surface area contributed by atoms with Crippen molar-refractivity contribution in [1.82, 2.24) is 4.98 Å². The standard InChI is InChI=1S/C14H14F3NO5S/c1-22-13(19)10-8-9(11-4-2-3-7-18-11)5-6-12(10)23-24(20,21)14(15,16)17/h2-4,7,9H,5-6,8H2,1H3. The SMILES string of the molecule is COC(=O)C1=C(OS(=O)(=O)C(F)(F)F)CCC(c2ccccn2)C1. The van der Waals surface area contributed by atoms with E-state index in [1.807, 2.05) is 0 Å². The van der Waals surface area contributed by atoms with Crippen LogP contribution in [0.1, 0.15) is 30.9 Å². The molecule has 6 nitrogen and oxygen atoms in total. The molecule has 0 aromatic carbocycles. The number of pyridine rings is 1. The van der Waals surface area contributed by atoms with Crippen molar-refractivity contribution >= 4 is 16.1 Å². The number of allylic oxidation sites excluding steroid dienone is 1. The molecule has 132 valence electrons. The number of methoxy groups -OCH3 is 1. The van der Waals surface area contributed by atoms with E-state index in [9.17, 15) is 26.4 Å². The van der Waals surface area contributed by atoms with Gasteiger partial charge in [-0.05, 0) is 25.0 Å². The zero-order chi connectivity index (χ0) is 18.0. The predicted molar refractivity (Wildman–Crippen MR) is 75.9 cm³/mol. The van der Waals surface area contributed by atoms with Gasteiger partial charge >= 0.3 is 21.6 Å². The van der Waals surface area contributed by atoms with E-state index < -0.39 is 27.4 Å². The molecule has 0 spiro atoms. The van der Waals surface area contributed by atoms with Gasteiger partial charge in [0, 0.05) is 24.2 Å². The molecule has 0 saturated carbocycles. The van der Waals surface area contributed by atoms with Crippen LogP contribution in [0, 0.1) is 0 Å². The Balaban J connectivity index is 2.34. The van der Waals surface area contributed by atoms with Crippen LogP contribution in [0.3, 0.4) is 0 Å². The van der Waals surface area contributed by atoms with E-state index in [0.717, 1.165) is 7.11 Å². The summed E-state index contributed by atoms with van der Waals surface area (Å²) in [7, 11) is -4.78. The lowest BCUT2D eigenvalue weighted by molar-refractivity contribution is -0.136. The molecule has 1 aromatic rings. The highest BCUT2D eigenvalue weighted by Gasteiger charge is 2.49. The lowest BCUT2D eigenvalue weighted by Gasteiger charge is -2.25. The molecule has 0 aliphatic heterocycles. The number of ether oxygens (including phenoxy) is 1. The summed E-state index contributed by atoms with van der Waals surface area (Å²) in [5.41, 5.74) is -5.15. The van der Waals surface area contributed by atoms with Crippen molar-refractivity contribution in [3.05, 3.63) is 41.4 Å². The highest BCUT2D eigenvalue weighted by molar-refractivity contribution is 7.87. The molecule has 1 atom stereocenters. The van der Waals surface area contributed by atoms with E-state index in [-0.39, 0.29) is 24.3 Å². The molecular weight excluding hydrogens is 351 g/mol. The maximum absolute atomic E-state index is 12.5. The number of carbonyl (C=O) groups is 1. The minimum Gasteiger partial charge on any atom is -0.466 e. The number of hydrogen-bond donors (Lipinski definition) is 0. The van der Waals surface area contributed by atoms with Crippen molar-refractivity contribution in [2.75, 3.05) is 7.11 Å². The van der Waals surface area contributed by atoms with Crippen LogP contribution in [0.5, 0.6) is 0 Å². The first-order chi connectivity index (χ1) is 11.2. The van der Waals surface area contributed by atoms with Gasteiger partial charge in [0.2, 0.25) is 0 Å². The van der Waals surface area contributed by atoms with Gasteiger partial charge in [0.25, 0.3) is 0 Å². The third-order valence-corrected chi connectivity index (χ3v) is 4.53. The number of aromatic nitrogens is 1. The minimum atomic E-state index is -5.84. The average molecular weight is 365 g/mol. The summed E-state index contributed by atoms with van der Waals surface area (Å²) >= 11 is 0. The van der Waals surface area contributed by atoms with Gasteiger partial charge in [-0.15, -0.1) is 0 Å². The zero-order valence-corrected chi connectivity index (χ0v) is 13.4. The normalized spacial score (nSPS) is 19.1. The number of esters is 1. The van der Waals surface area contributed by atoms with Gasteiger partial charge in [-0.2, -0.15) is 21.6 Å². The fraction of sp³-hybridized carbons (Fsp3) is 0.429. The zero-order valence-electron chi connectivity index (χ0n) is 12.5. The second-order valence-corrected chi connectivity index (χ2v) is 6.61. The van der Waals surface area contributed by atoms with E-state index in [0.29, 0.717) is 12.1 Å². The lowest BCUT2D eigenvalue weighted by atomic mass is 9.85. The van der Waals surface area contributed by atoms with Gasteiger partial charge in [0.05, 0.1) is 12.7 Å². The molecule has 0 bridgehead atoms. The van der Waals surface area contributed by atoms with Crippen molar-refractivity contribution in [3.8, 4) is 0 Å². The predicted octanol–water partition coefficient (Wildman–Crippen LogP) is 2.64. The molecule has 1 aliphatic carbocycles. The second-order valence-electron chi connectivity index (χ2n) is 5.07. The van der Waals surface area contributed by atoms with Crippen molar-refractivity contribution < 1.29 is 35.3 Å². The van der Waals surface area contributed by atoms with Crippen molar-refractivity contribution in [1.29, 1.82) is 0 Å². The Kier molecular flexibility index (Phi) is 5.16. The van der Waals surface area contributed by atoms with Gasteiger partial charge in [0.1, 0.15) is 5.76 Å². The molecule has 1 aliphatic rings. The Morgan fingerprint density at radius 1 is 1.33 bits per heavy atom. The second kappa shape index (κ2) is 6.80. The van der Waals surface area contributed by atoms with Crippen LogP contribution in [-0.4, -0.2) is 32.0 Å². The highest BCUT2D eigenvalue weighted by atomic mass is 32.2. The monoisotopic (exact) mass is 365 g/mol. The van der Waals surface area contributed by atoms with Crippen molar-refractivity contribution in [3.63, 3.8) is 0 Å². The Bertz CT molecular complexity index is 743. The van der Waals surface area contributed by atoms with Crippen LogP contribution in [0.2, 0.25) is 0 Å². The average Bonchev–Trinajstić information content (AvgIpc) is 2.54. The van der Waals surface area contributed by atoms with Crippen LogP contribution >= 0.6 is 0 Å². The molecule has 0 fully saturated rings. The number of carbonyl (C=O) groups excluding carboxylic acids is 1. The smallest absolute Gasteiger partial charge is 0.466 e. The maximum atomic E-state index is 12.5. The molecule has 0 N–H and O–H groups in total. The molecule has 10 heteroatoms. The molecule has 0 amide bonds. The van der Waals surface area contributed by atoms with Crippen LogP contribution in [0.4, 0.5) is 13.2 Å². The van der Waals surface area contributed by atoms with Crippen LogP contribution in [-0.2, 0) is 23.8 Å². The van der Waals surface area contributed by atoms with Gasteiger partial charge in [-0.25, -0.2) is 4.79 Å². The Morgan fingerprint density at radius 3 is 2.58 bits per heavy atom. The summed E-state index contributed by atoms with van der Waals surface area (Å²) in [5, 5.41) is 0. The molecule has 0 saturated heterocycles.